The Morgan fingerprint density at radius 1 is 1.06 bits per heavy atom. The lowest BCUT2D eigenvalue weighted by molar-refractivity contribution is 0.322. The van der Waals surface area contributed by atoms with Gasteiger partial charge in [-0.3, -0.25) is 0 Å². The molecule has 0 amide bonds. The lowest BCUT2D eigenvalue weighted by Crippen LogP contribution is -2.03. The second kappa shape index (κ2) is 5.60. The fraction of sp³-hybridized carbons (Fsp3) is 0.143. The standard InChI is InChI=1S/C14H14ClNO/c15-12-5-3-6-13(10-12)17-9-8-11-4-1-2-7-14(11)16/h1-7,10H,8-9,16H2. The average molecular weight is 248 g/mol. The van der Waals surface area contributed by atoms with E-state index in [2.05, 4.69) is 0 Å². The van der Waals surface area contributed by atoms with Crippen LogP contribution >= 0.6 is 11.6 Å². The van der Waals surface area contributed by atoms with Gasteiger partial charge in [-0.25, -0.2) is 0 Å². The van der Waals surface area contributed by atoms with Crippen molar-refractivity contribution in [1.29, 1.82) is 0 Å². The van der Waals surface area contributed by atoms with E-state index in [9.17, 15) is 0 Å². The lowest BCUT2D eigenvalue weighted by atomic mass is 10.1. The number of nitrogens with two attached hydrogens (primary N) is 1. The van der Waals surface area contributed by atoms with Crippen molar-refractivity contribution in [3.05, 3.63) is 59.1 Å². The van der Waals surface area contributed by atoms with Crippen molar-refractivity contribution < 1.29 is 4.74 Å². The van der Waals surface area contributed by atoms with Crippen molar-refractivity contribution in [3.63, 3.8) is 0 Å². The van der Waals surface area contributed by atoms with Crippen LogP contribution in [0.15, 0.2) is 48.5 Å². The van der Waals surface area contributed by atoms with Gasteiger partial charge in [0.05, 0.1) is 6.61 Å². The zero-order valence-electron chi connectivity index (χ0n) is 9.40. The first-order valence-electron chi connectivity index (χ1n) is 5.47. The first-order valence-corrected chi connectivity index (χ1v) is 5.85. The van der Waals surface area contributed by atoms with Crippen molar-refractivity contribution in [2.75, 3.05) is 12.3 Å². The molecule has 0 bridgehead atoms. The van der Waals surface area contributed by atoms with Crippen molar-refractivity contribution in [3.8, 4) is 5.75 Å². The van der Waals surface area contributed by atoms with Crippen LogP contribution in [0.25, 0.3) is 0 Å². The van der Waals surface area contributed by atoms with Crippen LogP contribution in [0, 0.1) is 0 Å². The molecule has 0 heterocycles. The Bertz CT molecular complexity index is 499. The van der Waals surface area contributed by atoms with Gasteiger partial charge in [-0.1, -0.05) is 35.9 Å². The summed E-state index contributed by atoms with van der Waals surface area (Å²) in [6.07, 6.45) is 0.791. The molecule has 0 fully saturated rings. The van der Waals surface area contributed by atoms with Crippen molar-refractivity contribution >= 4 is 17.3 Å². The van der Waals surface area contributed by atoms with Gasteiger partial charge in [-0.2, -0.15) is 0 Å². The van der Waals surface area contributed by atoms with Gasteiger partial charge in [0.2, 0.25) is 0 Å². The SMILES string of the molecule is Nc1ccccc1CCOc1cccc(Cl)c1. The summed E-state index contributed by atoms with van der Waals surface area (Å²) in [7, 11) is 0. The number of hydrogen-bond donors (Lipinski definition) is 1. The fourth-order valence-electron chi connectivity index (χ4n) is 1.60. The molecule has 0 radical (unpaired) electrons. The van der Waals surface area contributed by atoms with E-state index in [-0.39, 0.29) is 0 Å². The molecule has 0 saturated carbocycles. The Labute approximate surface area is 106 Å². The highest BCUT2D eigenvalue weighted by molar-refractivity contribution is 6.30. The second-order valence-electron chi connectivity index (χ2n) is 3.75. The van der Waals surface area contributed by atoms with Gasteiger partial charge in [0.1, 0.15) is 5.75 Å². The summed E-state index contributed by atoms with van der Waals surface area (Å²) < 4.78 is 5.61. The van der Waals surface area contributed by atoms with Crippen molar-refractivity contribution in [2.45, 2.75) is 6.42 Å². The van der Waals surface area contributed by atoms with E-state index in [0.717, 1.165) is 23.4 Å². The molecule has 2 nitrogen and oxygen atoms in total. The number of rotatable bonds is 4. The minimum atomic E-state index is 0.592. The third kappa shape index (κ3) is 3.40. The van der Waals surface area contributed by atoms with Gasteiger partial charge in [0.25, 0.3) is 0 Å². The second-order valence-corrected chi connectivity index (χ2v) is 4.19. The Balaban J connectivity index is 1.90. The van der Waals surface area contributed by atoms with Gasteiger partial charge in [-0.15, -0.1) is 0 Å². The topological polar surface area (TPSA) is 35.2 Å². The molecule has 2 N–H and O–H groups in total. The molecule has 3 heteroatoms. The van der Waals surface area contributed by atoms with Gasteiger partial charge < -0.3 is 10.5 Å². The summed E-state index contributed by atoms with van der Waals surface area (Å²) in [5.74, 6) is 0.784. The molecule has 0 aliphatic carbocycles. The molecule has 2 aromatic carbocycles. The first-order chi connectivity index (χ1) is 8.25. The maximum absolute atomic E-state index is 5.87. The van der Waals surface area contributed by atoms with Gasteiger partial charge >= 0.3 is 0 Å². The van der Waals surface area contributed by atoms with Crippen LogP contribution in [0.5, 0.6) is 5.75 Å². The summed E-state index contributed by atoms with van der Waals surface area (Å²) in [5, 5.41) is 0.682. The molecular formula is C14H14ClNO. The molecule has 0 saturated heterocycles. The number of nitrogen functional groups attached to an aromatic ring is 1. The van der Waals surface area contributed by atoms with Crippen LogP contribution in [-0.4, -0.2) is 6.61 Å². The third-order valence-electron chi connectivity index (χ3n) is 2.49. The third-order valence-corrected chi connectivity index (χ3v) is 2.73. The summed E-state index contributed by atoms with van der Waals surface area (Å²) >= 11 is 5.87. The molecule has 0 aromatic heterocycles. The molecule has 0 aliphatic rings. The van der Waals surface area contributed by atoms with Crippen LogP contribution < -0.4 is 10.5 Å². The van der Waals surface area contributed by atoms with Gasteiger partial charge in [0.15, 0.2) is 0 Å². The zero-order valence-corrected chi connectivity index (χ0v) is 10.2. The number of anilines is 1. The highest BCUT2D eigenvalue weighted by atomic mass is 35.5. The maximum atomic E-state index is 5.87. The smallest absolute Gasteiger partial charge is 0.120 e. The van der Waals surface area contributed by atoms with E-state index in [1.165, 1.54) is 0 Å². The molecule has 0 atom stereocenters. The van der Waals surface area contributed by atoms with Crippen LogP contribution in [0.2, 0.25) is 5.02 Å². The molecule has 2 aromatic rings. The predicted molar refractivity (Wildman–Crippen MR) is 71.5 cm³/mol. The highest BCUT2D eigenvalue weighted by Crippen LogP contribution is 2.18. The predicted octanol–water partition coefficient (Wildman–Crippen LogP) is 3.54. The van der Waals surface area contributed by atoms with E-state index in [1.807, 2.05) is 42.5 Å². The quantitative estimate of drug-likeness (QED) is 0.839. The molecular weight excluding hydrogens is 234 g/mol. The highest BCUT2D eigenvalue weighted by Gasteiger charge is 1.99. The zero-order chi connectivity index (χ0) is 12.1. The molecule has 88 valence electrons. The Morgan fingerprint density at radius 2 is 1.88 bits per heavy atom. The summed E-state index contributed by atoms with van der Waals surface area (Å²) in [6.45, 7) is 0.592. The van der Waals surface area contributed by atoms with E-state index in [0.29, 0.717) is 11.6 Å². The van der Waals surface area contributed by atoms with E-state index < -0.39 is 0 Å². The number of hydrogen-bond acceptors (Lipinski definition) is 2. The fourth-order valence-corrected chi connectivity index (χ4v) is 1.78. The van der Waals surface area contributed by atoms with Gasteiger partial charge in [0, 0.05) is 17.1 Å². The molecule has 0 unspecified atom stereocenters. The molecule has 2 rings (SSSR count). The minimum absolute atomic E-state index is 0.592. The largest absolute Gasteiger partial charge is 0.493 e. The Hall–Kier alpha value is -1.67. The molecule has 0 aliphatic heterocycles. The van der Waals surface area contributed by atoms with E-state index in [4.69, 9.17) is 22.1 Å². The minimum Gasteiger partial charge on any atom is -0.493 e. The van der Waals surface area contributed by atoms with Crippen molar-refractivity contribution in [2.24, 2.45) is 0 Å². The van der Waals surface area contributed by atoms with Crippen LogP contribution in [-0.2, 0) is 6.42 Å². The Kier molecular flexibility index (Phi) is 3.89. The van der Waals surface area contributed by atoms with Crippen LogP contribution in [0.3, 0.4) is 0 Å². The monoisotopic (exact) mass is 247 g/mol. The summed E-state index contributed by atoms with van der Waals surface area (Å²) in [4.78, 5) is 0. The van der Waals surface area contributed by atoms with E-state index in [1.54, 1.807) is 6.07 Å². The first kappa shape index (κ1) is 11.8. The number of ether oxygens (including phenoxy) is 1. The van der Waals surface area contributed by atoms with Crippen molar-refractivity contribution in [1.82, 2.24) is 0 Å². The van der Waals surface area contributed by atoms with Crippen LogP contribution in [0.1, 0.15) is 5.56 Å². The maximum Gasteiger partial charge on any atom is 0.120 e. The average Bonchev–Trinajstić information content (AvgIpc) is 2.32. The molecule has 17 heavy (non-hydrogen) atoms. The number of para-hydroxylation sites is 1. The van der Waals surface area contributed by atoms with Crippen LogP contribution in [0.4, 0.5) is 5.69 Å². The lowest BCUT2D eigenvalue weighted by Gasteiger charge is -2.08. The summed E-state index contributed by atoms with van der Waals surface area (Å²) in [6, 6.07) is 15.2. The molecule has 0 spiro atoms. The van der Waals surface area contributed by atoms with Gasteiger partial charge in [-0.05, 0) is 29.8 Å². The number of halogens is 1. The number of benzene rings is 2. The van der Waals surface area contributed by atoms with E-state index >= 15 is 0 Å². The normalized spacial score (nSPS) is 10.2. The Morgan fingerprint density at radius 3 is 2.65 bits per heavy atom. The summed E-state index contributed by atoms with van der Waals surface area (Å²) in [5.41, 5.74) is 7.76.